The SMILES string of the molecule is c1cc(CN2CCCN(Cc3ccsc3)CC2)[nH]n1. The Labute approximate surface area is 118 Å². The minimum absolute atomic E-state index is 0.992. The maximum Gasteiger partial charge on any atom is 0.0492 e. The van der Waals surface area contributed by atoms with E-state index >= 15 is 0 Å². The number of nitrogens with one attached hydrogen (secondary N) is 1. The first-order valence-electron chi connectivity index (χ1n) is 6.84. The molecule has 0 aliphatic carbocycles. The van der Waals surface area contributed by atoms with E-state index in [4.69, 9.17) is 0 Å². The Morgan fingerprint density at radius 2 is 1.95 bits per heavy atom. The predicted molar refractivity (Wildman–Crippen MR) is 78.1 cm³/mol. The summed E-state index contributed by atoms with van der Waals surface area (Å²) in [5.74, 6) is 0. The molecular weight excluding hydrogens is 256 g/mol. The lowest BCUT2D eigenvalue weighted by Crippen LogP contribution is -2.30. The Balaban J connectivity index is 1.51. The van der Waals surface area contributed by atoms with Gasteiger partial charge in [-0.2, -0.15) is 16.4 Å². The van der Waals surface area contributed by atoms with E-state index in [-0.39, 0.29) is 0 Å². The van der Waals surface area contributed by atoms with Crippen LogP contribution in [0.2, 0.25) is 0 Å². The van der Waals surface area contributed by atoms with Crippen LogP contribution < -0.4 is 0 Å². The van der Waals surface area contributed by atoms with E-state index in [1.54, 1.807) is 11.3 Å². The fourth-order valence-corrected chi connectivity index (χ4v) is 3.25. The highest BCUT2D eigenvalue weighted by Gasteiger charge is 2.15. The van der Waals surface area contributed by atoms with Crippen LogP contribution >= 0.6 is 11.3 Å². The summed E-state index contributed by atoms with van der Waals surface area (Å²) in [7, 11) is 0. The highest BCUT2D eigenvalue weighted by molar-refractivity contribution is 7.07. The van der Waals surface area contributed by atoms with Crippen LogP contribution in [0.25, 0.3) is 0 Å². The zero-order valence-corrected chi connectivity index (χ0v) is 11.9. The second kappa shape index (κ2) is 6.32. The summed E-state index contributed by atoms with van der Waals surface area (Å²) < 4.78 is 0. The van der Waals surface area contributed by atoms with Crippen molar-refractivity contribution in [3.8, 4) is 0 Å². The van der Waals surface area contributed by atoms with Crippen LogP contribution in [0.1, 0.15) is 17.7 Å². The number of rotatable bonds is 4. The van der Waals surface area contributed by atoms with Crippen LogP contribution in [0.4, 0.5) is 0 Å². The standard InChI is InChI=1S/C14H20N4S/c1-5-17(10-13-3-9-19-12-13)7-8-18(6-1)11-14-2-4-15-16-14/h2-4,9,12H,1,5-8,10-11H2,(H,15,16). The number of hydrogen-bond donors (Lipinski definition) is 1. The van der Waals surface area contributed by atoms with Crippen molar-refractivity contribution in [1.29, 1.82) is 0 Å². The minimum Gasteiger partial charge on any atom is -0.298 e. The maximum absolute atomic E-state index is 4.02. The highest BCUT2D eigenvalue weighted by atomic mass is 32.1. The van der Waals surface area contributed by atoms with Gasteiger partial charge < -0.3 is 0 Å². The first-order chi connectivity index (χ1) is 9.40. The van der Waals surface area contributed by atoms with Crippen LogP contribution in [-0.2, 0) is 13.1 Å². The smallest absolute Gasteiger partial charge is 0.0492 e. The summed E-state index contributed by atoms with van der Waals surface area (Å²) in [5.41, 5.74) is 2.67. The molecule has 102 valence electrons. The monoisotopic (exact) mass is 276 g/mol. The molecule has 1 saturated heterocycles. The molecule has 0 bridgehead atoms. The molecule has 0 amide bonds. The van der Waals surface area contributed by atoms with E-state index < -0.39 is 0 Å². The summed E-state index contributed by atoms with van der Waals surface area (Å²) in [6, 6.07) is 4.30. The maximum atomic E-state index is 4.02. The first kappa shape index (κ1) is 12.8. The summed E-state index contributed by atoms with van der Waals surface area (Å²) >= 11 is 1.79. The van der Waals surface area contributed by atoms with Crippen LogP contribution in [-0.4, -0.2) is 46.2 Å². The van der Waals surface area contributed by atoms with Gasteiger partial charge in [-0.15, -0.1) is 0 Å². The van der Waals surface area contributed by atoms with Crippen molar-refractivity contribution in [2.75, 3.05) is 26.2 Å². The van der Waals surface area contributed by atoms with Crippen molar-refractivity contribution < 1.29 is 0 Å². The molecule has 5 heteroatoms. The van der Waals surface area contributed by atoms with Crippen LogP contribution in [0.15, 0.2) is 29.1 Å². The normalized spacial score (nSPS) is 18.5. The van der Waals surface area contributed by atoms with E-state index in [0.29, 0.717) is 0 Å². The van der Waals surface area contributed by atoms with Gasteiger partial charge in [0.2, 0.25) is 0 Å². The van der Waals surface area contributed by atoms with Crippen LogP contribution in [0, 0.1) is 0 Å². The van der Waals surface area contributed by atoms with Gasteiger partial charge in [0.15, 0.2) is 0 Å². The van der Waals surface area contributed by atoms with Crippen molar-refractivity contribution >= 4 is 11.3 Å². The molecule has 19 heavy (non-hydrogen) atoms. The summed E-state index contributed by atoms with van der Waals surface area (Å²) in [6.45, 7) is 6.77. The topological polar surface area (TPSA) is 35.2 Å². The lowest BCUT2D eigenvalue weighted by molar-refractivity contribution is 0.245. The molecule has 2 aromatic rings. The Morgan fingerprint density at radius 3 is 2.63 bits per heavy atom. The average Bonchev–Trinajstić information content (AvgIpc) is 3.04. The van der Waals surface area contributed by atoms with Crippen molar-refractivity contribution in [3.63, 3.8) is 0 Å². The van der Waals surface area contributed by atoms with E-state index in [2.05, 4.69) is 42.9 Å². The van der Waals surface area contributed by atoms with Gasteiger partial charge in [-0.1, -0.05) is 0 Å². The third kappa shape index (κ3) is 3.65. The fraction of sp³-hybridized carbons (Fsp3) is 0.500. The second-order valence-electron chi connectivity index (χ2n) is 5.12. The number of hydrogen-bond acceptors (Lipinski definition) is 4. The molecule has 1 aliphatic heterocycles. The molecule has 0 spiro atoms. The molecular formula is C14H20N4S. The highest BCUT2D eigenvalue weighted by Crippen LogP contribution is 2.12. The van der Waals surface area contributed by atoms with Gasteiger partial charge in [-0.25, -0.2) is 0 Å². The molecule has 0 atom stereocenters. The number of thiophene rings is 1. The van der Waals surface area contributed by atoms with E-state index in [9.17, 15) is 0 Å². The second-order valence-corrected chi connectivity index (χ2v) is 5.90. The van der Waals surface area contributed by atoms with Gasteiger partial charge in [0, 0.05) is 38.1 Å². The van der Waals surface area contributed by atoms with Crippen molar-refractivity contribution in [1.82, 2.24) is 20.0 Å². The zero-order chi connectivity index (χ0) is 12.9. The lowest BCUT2D eigenvalue weighted by Gasteiger charge is -2.21. The number of H-pyrrole nitrogens is 1. The van der Waals surface area contributed by atoms with Gasteiger partial charge in [-0.3, -0.25) is 14.9 Å². The number of aromatic nitrogens is 2. The van der Waals surface area contributed by atoms with E-state index in [1.165, 1.54) is 30.8 Å². The largest absolute Gasteiger partial charge is 0.298 e. The Bertz CT molecular complexity index is 421. The molecule has 2 aromatic heterocycles. The first-order valence-corrected chi connectivity index (χ1v) is 7.78. The third-order valence-electron chi connectivity index (χ3n) is 3.62. The van der Waals surface area contributed by atoms with Gasteiger partial charge in [0.05, 0.1) is 0 Å². The third-order valence-corrected chi connectivity index (χ3v) is 4.35. The predicted octanol–water partition coefficient (Wildman–Crippen LogP) is 2.18. The molecule has 1 aliphatic rings. The molecule has 0 saturated carbocycles. The molecule has 3 rings (SSSR count). The van der Waals surface area contributed by atoms with E-state index in [0.717, 1.165) is 26.2 Å². The zero-order valence-electron chi connectivity index (χ0n) is 11.1. The number of aromatic amines is 1. The molecule has 0 aromatic carbocycles. The quantitative estimate of drug-likeness (QED) is 0.929. The molecule has 1 fully saturated rings. The number of nitrogens with zero attached hydrogens (tertiary/aromatic N) is 3. The van der Waals surface area contributed by atoms with Crippen molar-refractivity contribution in [2.24, 2.45) is 0 Å². The van der Waals surface area contributed by atoms with Crippen molar-refractivity contribution in [3.05, 3.63) is 40.3 Å². The van der Waals surface area contributed by atoms with Gasteiger partial charge in [0.25, 0.3) is 0 Å². The van der Waals surface area contributed by atoms with Crippen LogP contribution in [0.3, 0.4) is 0 Å². The van der Waals surface area contributed by atoms with E-state index in [1.807, 2.05) is 6.20 Å². The van der Waals surface area contributed by atoms with Gasteiger partial charge >= 0.3 is 0 Å². The summed E-state index contributed by atoms with van der Waals surface area (Å²) in [5, 5.41) is 11.5. The Kier molecular flexibility index (Phi) is 4.27. The lowest BCUT2D eigenvalue weighted by atomic mass is 10.3. The molecule has 1 N–H and O–H groups in total. The van der Waals surface area contributed by atoms with Crippen LogP contribution in [0.5, 0.6) is 0 Å². The minimum atomic E-state index is 0.992. The molecule has 0 radical (unpaired) electrons. The Hall–Kier alpha value is -1.17. The Morgan fingerprint density at radius 1 is 1.11 bits per heavy atom. The van der Waals surface area contributed by atoms with Gasteiger partial charge in [0.1, 0.15) is 0 Å². The molecule has 4 nitrogen and oxygen atoms in total. The molecule has 0 unspecified atom stereocenters. The molecule has 3 heterocycles. The van der Waals surface area contributed by atoms with Crippen molar-refractivity contribution in [2.45, 2.75) is 19.5 Å². The van der Waals surface area contributed by atoms with Gasteiger partial charge in [-0.05, 0) is 48.0 Å². The fourth-order valence-electron chi connectivity index (χ4n) is 2.60. The average molecular weight is 276 g/mol. The summed E-state index contributed by atoms with van der Waals surface area (Å²) in [4.78, 5) is 5.08. The summed E-state index contributed by atoms with van der Waals surface area (Å²) in [6.07, 6.45) is 3.08.